The van der Waals surface area contributed by atoms with Gasteiger partial charge in [0, 0.05) is 19.2 Å². The van der Waals surface area contributed by atoms with E-state index in [4.69, 9.17) is 0 Å². The molecule has 2 heterocycles. The lowest BCUT2D eigenvalue weighted by Crippen LogP contribution is -2.19. The fourth-order valence-electron chi connectivity index (χ4n) is 2.78. The monoisotopic (exact) mass is 366 g/mol. The van der Waals surface area contributed by atoms with Gasteiger partial charge in [0.15, 0.2) is 0 Å². The Morgan fingerprint density at radius 2 is 2.00 bits per heavy atom. The van der Waals surface area contributed by atoms with Crippen molar-refractivity contribution in [2.45, 2.75) is 32.6 Å². The molecule has 0 spiro atoms. The van der Waals surface area contributed by atoms with E-state index in [1.807, 2.05) is 38.1 Å². The third-order valence-electron chi connectivity index (χ3n) is 4.27. The van der Waals surface area contributed by atoms with Crippen molar-refractivity contribution in [3.8, 4) is 0 Å². The number of nitrogens with one attached hydrogen (secondary N) is 2. The van der Waals surface area contributed by atoms with Crippen molar-refractivity contribution in [3.05, 3.63) is 53.6 Å². The smallest absolute Gasteiger partial charge is 0.274 e. The first-order valence-electron chi connectivity index (χ1n) is 8.80. The summed E-state index contributed by atoms with van der Waals surface area (Å²) in [6.07, 6.45) is 2.30. The highest BCUT2D eigenvalue weighted by Gasteiger charge is 2.16. The van der Waals surface area contributed by atoms with Crippen molar-refractivity contribution in [2.24, 2.45) is 0 Å². The van der Waals surface area contributed by atoms with Crippen molar-refractivity contribution in [1.29, 1.82) is 0 Å². The Labute approximate surface area is 157 Å². The van der Waals surface area contributed by atoms with Gasteiger partial charge < -0.3 is 10.6 Å². The van der Waals surface area contributed by atoms with Crippen LogP contribution in [0.2, 0.25) is 0 Å². The van der Waals surface area contributed by atoms with E-state index in [9.17, 15) is 9.59 Å². The van der Waals surface area contributed by atoms with Gasteiger partial charge in [-0.05, 0) is 30.0 Å². The van der Waals surface area contributed by atoms with Crippen LogP contribution in [0.4, 0.5) is 5.69 Å². The summed E-state index contributed by atoms with van der Waals surface area (Å²) in [6.45, 7) is 4.04. The van der Waals surface area contributed by atoms with Crippen LogP contribution >= 0.6 is 0 Å². The largest absolute Gasteiger partial charge is 0.359 e. The number of rotatable bonds is 6. The number of amides is 2. The molecule has 1 aromatic carbocycles. The summed E-state index contributed by atoms with van der Waals surface area (Å²) in [7, 11) is 1.61. The molecule has 3 aromatic rings. The molecule has 0 unspecified atom stereocenters. The van der Waals surface area contributed by atoms with Crippen LogP contribution in [-0.2, 0) is 11.2 Å². The van der Waals surface area contributed by atoms with Gasteiger partial charge in [-0.2, -0.15) is 10.1 Å². The molecule has 0 aliphatic rings. The summed E-state index contributed by atoms with van der Waals surface area (Å²) in [6, 6.07) is 9.16. The summed E-state index contributed by atoms with van der Waals surface area (Å²) in [4.78, 5) is 32.7. The highest BCUT2D eigenvalue weighted by molar-refractivity contribution is 6.03. The Morgan fingerprint density at radius 3 is 2.74 bits per heavy atom. The number of hydrogen-bond donors (Lipinski definition) is 2. The Bertz CT molecular complexity index is 979. The Balaban J connectivity index is 1.86. The van der Waals surface area contributed by atoms with Gasteiger partial charge in [-0.15, -0.1) is 0 Å². The van der Waals surface area contributed by atoms with Crippen LogP contribution in [0.25, 0.3) is 5.78 Å². The minimum Gasteiger partial charge on any atom is -0.359 e. The molecular formula is C19H22N6O2. The van der Waals surface area contributed by atoms with Gasteiger partial charge in [-0.1, -0.05) is 32.0 Å². The molecule has 2 N–H and O–H groups in total. The Morgan fingerprint density at radius 1 is 1.22 bits per heavy atom. The van der Waals surface area contributed by atoms with E-state index in [0.717, 1.165) is 11.3 Å². The van der Waals surface area contributed by atoms with Crippen LogP contribution < -0.4 is 10.6 Å². The van der Waals surface area contributed by atoms with Crippen molar-refractivity contribution < 1.29 is 9.59 Å². The number of fused-ring (bicyclic) bond motifs is 1. The van der Waals surface area contributed by atoms with Crippen LogP contribution in [0.5, 0.6) is 0 Å². The Hall–Kier alpha value is -3.29. The molecule has 8 nitrogen and oxygen atoms in total. The van der Waals surface area contributed by atoms with E-state index < -0.39 is 0 Å². The van der Waals surface area contributed by atoms with Gasteiger partial charge in [0.1, 0.15) is 12.0 Å². The van der Waals surface area contributed by atoms with E-state index in [1.54, 1.807) is 17.6 Å². The number of carbonyl (C=O) groups excluding carboxylic acids is 2. The summed E-state index contributed by atoms with van der Waals surface area (Å²) >= 11 is 0. The van der Waals surface area contributed by atoms with Gasteiger partial charge in [0.2, 0.25) is 5.91 Å². The van der Waals surface area contributed by atoms with Gasteiger partial charge in [0.25, 0.3) is 11.7 Å². The molecule has 27 heavy (non-hydrogen) atoms. The standard InChI is InChI=1S/C19H22N6O2/c1-12(2)16-10-15(24-19-21-11-22-25(16)19)18(27)23-14-7-5-4-6-13(14)8-9-17(26)20-3/h4-7,10-12H,8-9H2,1-3H3,(H,20,26)(H,23,27). The third kappa shape index (κ3) is 4.11. The second kappa shape index (κ2) is 7.94. The minimum atomic E-state index is -0.324. The second-order valence-electron chi connectivity index (χ2n) is 6.48. The van der Waals surface area contributed by atoms with Crippen LogP contribution in [0.3, 0.4) is 0 Å². The van der Waals surface area contributed by atoms with Crippen LogP contribution in [-0.4, -0.2) is 38.4 Å². The molecular weight excluding hydrogens is 344 g/mol. The SMILES string of the molecule is CNC(=O)CCc1ccccc1NC(=O)c1cc(C(C)C)n2ncnc2n1. The van der Waals surface area contributed by atoms with Crippen LogP contribution in [0.1, 0.15) is 47.9 Å². The van der Waals surface area contributed by atoms with Crippen LogP contribution in [0, 0.1) is 0 Å². The zero-order valence-corrected chi connectivity index (χ0v) is 15.6. The quantitative estimate of drug-likeness (QED) is 0.696. The van der Waals surface area contributed by atoms with Gasteiger partial charge in [0.05, 0.1) is 5.69 Å². The van der Waals surface area contributed by atoms with Crippen molar-refractivity contribution in [2.75, 3.05) is 12.4 Å². The molecule has 140 valence electrons. The maximum atomic E-state index is 12.8. The van der Waals surface area contributed by atoms with E-state index in [1.165, 1.54) is 6.33 Å². The number of para-hydroxylation sites is 1. The molecule has 2 amide bonds. The van der Waals surface area contributed by atoms with Crippen LogP contribution in [0.15, 0.2) is 36.7 Å². The summed E-state index contributed by atoms with van der Waals surface area (Å²) in [5.74, 6) is 0.175. The zero-order valence-electron chi connectivity index (χ0n) is 15.6. The number of carbonyl (C=O) groups is 2. The maximum absolute atomic E-state index is 12.8. The summed E-state index contributed by atoms with van der Waals surface area (Å²) < 4.78 is 1.64. The molecule has 0 aliphatic heterocycles. The maximum Gasteiger partial charge on any atom is 0.274 e. The lowest BCUT2D eigenvalue weighted by Gasteiger charge is -2.12. The molecule has 2 aromatic heterocycles. The second-order valence-corrected chi connectivity index (χ2v) is 6.48. The molecule has 3 rings (SSSR count). The highest BCUT2D eigenvalue weighted by Crippen LogP contribution is 2.20. The predicted molar refractivity (Wildman–Crippen MR) is 102 cm³/mol. The minimum absolute atomic E-state index is 0.0448. The number of benzene rings is 1. The molecule has 0 saturated carbocycles. The number of nitrogens with zero attached hydrogens (tertiary/aromatic N) is 4. The number of aromatic nitrogens is 4. The van der Waals surface area contributed by atoms with Crippen molar-refractivity contribution >= 4 is 23.3 Å². The molecule has 0 radical (unpaired) electrons. The van der Waals surface area contributed by atoms with Crippen molar-refractivity contribution in [3.63, 3.8) is 0 Å². The molecule has 0 bridgehead atoms. The molecule has 0 fully saturated rings. The van der Waals surface area contributed by atoms with E-state index in [0.29, 0.717) is 24.3 Å². The molecule has 0 aliphatic carbocycles. The fraction of sp³-hybridized carbons (Fsp3) is 0.316. The first-order valence-corrected chi connectivity index (χ1v) is 8.80. The third-order valence-corrected chi connectivity index (χ3v) is 4.27. The topological polar surface area (TPSA) is 101 Å². The zero-order chi connectivity index (χ0) is 19.4. The fourth-order valence-corrected chi connectivity index (χ4v) is 2.78. The van der Waals surface area contributed by atoms with Crippen molar-refractivity contribution in [1.82, 2.24) is 24.9 Å². The van der Waals surface area contributed by atoms with E-state index in [2.05, 4.69) is 25.7 Å². The predicted octanol–water partition coefficient (Wildman–Crippen LogP) is 2.18. The van der Waals surface area contributed by atoms with E-state index >= 15 is 0 Å². The average Bonchev–Trinajstić information content (AvgIpc) is 3.14. The summed E-state index contributed by atoms with van der Waals surface area (Å²) in [5, 5.41) is 9.66. The average molecular weight is 366 g/mol. The van der Waals surface area contributed by atoms with Gasteiger partial charge in [-0.3, -0.25) is 9.59 Å². The normalized spacial score (nSPS) is 11.0. The lowest BCUT2D eigenvalue weighted by molar-refractivity contribution is -0.120. The molecule has 0 saturated heterocycles. The first kappa shape index (κ1) is 18.5. The Kier molecular flexibility index (Phi) is 5.44. The lowest BCUT2D eigenvalue weighted by atomic mass is 10.1. The number of hydrogen-bond acceptors (Lipinski definition) is 5. The van der Waals surface area contributed by atoms with Gasteiger partial charge >= 0.3 is 0 Å². The summed E-state index contributed by atoms with van der Waals surface area (Å²) in [5.41, 5.74) is 2.69. The van der Waals surface area contributed by atoms with Gasteiger partial charge in [-0.25, -0.2) is 9.50 Å². The molecule has 0 atom stereocenters. The van der Waals surface area contributed by atoms with E-state index in [-0.39, 0.29) is 23.4 Å². The highest BCUT2D eigenvalue weighted by atomic mass is 16.2. The first-order chi connectivity index (χ1) is 13.0. The number of anilines is 1. The number of aryl methyl sites for hydroxylation is 1. The molecule has 8 heteroatoms.